The van der Waals surface area contributed by atoms with Gasteiger partial charge in [0.25, 0.3) is 0 Å². The predicted molar refractivity (Wildman–Crippen MR) is 77.0 cm³/mol. The van der Waals surface area contributed by atoms with Gasteiger partial charge in [-0.25, -0.2) is 0 Å². The Morgan fingerprint density at radius 3 is 2.55 bits per heavy atom. The third-order valence-corrected chi connectivity index (χ3v) is 3.03. The molecule has 0 fully saturated rings. The minimum absolute atomic E-state index is 0.0739. The highest BCUT2D eigenvalue weighted by molar-refractivity contribution is 5.67. The van der Waals surface area contributed by atoms with Crippen molar-refractivity contribution in [3.05, 3.63) is 29.3 Å². The Hall–Kier alpha value is -1.59. The number of aryl methyl sites for hydroxylation is 1. The van der Waals surface area contributed by atoms with E-state index in [1.807, 2.05) is 32.9 Å². The summed E-state index contributed by atoms with van der Waals surface area (Å²) in [6, 6.07) is 4.99. The Balaban J connectivity index is 3.06. The van der Waals surface area contributed by atoms with E-state index in [0.717, 1.165) is 5.56 Å². The van der Waals surface area contributed by atoms with E-state index < -0.39 is 18.1 Å². The summed E-state index contributed by atoms with van der Waals surface area (Å²) in [6.45, 7) is 5.74. The number of nitrogens with one attached hydrogen (secondary N) is 1. The van der Waals surface area contributed by atoms with Gasteiger partial charge in [0.1, 0.15) is 5.75 Å². The number of hydrogen-bond acceptors (Lipinski definition) is 4. The van der Waals surface area contributed by atoms with Crippen LogP contribution in [0.5, 0.6) is 5.75 Å². The molecule has 112 valence electrons. The Bertz CT molecular complexity index is 459. The van der Waals surface area contributed by atoms with Crippen LogP contribution in [0.3, 0.4) is 0 Å². The summed E-state index contributed by atoms with van der Waals surface area (Å²) in [5.74, 6) is -0.391. The van der Waals surface area contributed by atoms with Crippen molar-refractivity contribution in [3.8, 4) is 5.75 Å². The largest absolute Gasteiger partial charge is 0.496 e. The average molecular weight is 281 g/mol. The number of hydrogen-bond donors (Lipinski definition) is 3. The van der Waals surface area contributed by atoms with E-state index in [0.29, 0.717) is 11.3 Å². The number of carbonyl (C=O) groups is 1. The molecule has 0 saturated carbocycles. The second kappa shape index (κ2) is 7.26. The summed E-state index contributed by atoms with van der Waals surface area (Å²) in [5, 5.41) is 22.6. The lowest BCUT2D eigenvalue weighted by Gasteiger charge is -2.26. The Morgan fingerprint density at radius 2 is 2.05 bits per heavy atom. The van der Waals surface area contributed by atoms with E-state index in [1.54, 1.807) is 6.07 Å². The fraction of sp³-hybridized carbons (Fsp3) is 0.533. The molecule has 2 atom stereocenters. The summed E-state index contributed by atoms with van der Waals surface area (Å²) in [6.07, 6.45) is -1.10. The quantitative estimate of drug-likeness (QED) is 0.711. The molecule has 0 aliphatic carbocycles. The van der Waals surface area contributed by atoms with Gasteiger partial charge in [-0.15, -0.1) is 0 Å². The van der Waals surface area contributed by atoms with Crippen molar-refractivity contribution in [3.63, 3.8) is 0 Å². The molecular weight excluding hydrogens is 258 g/mol. The molecule has 3 N–H and O–H groups in total. The third-order valence-electron chi connectivity index (χ3n) is 3.03. The van der Waals surface area contributed by atoms with Gasteiger partial charge in [-0.05, 0) is 19.1 Å². The molecule has 0 radical (unpaired) electrons. The molecule has 0 spiro atoms. The maximum absolute atomic E-state index is 11.0. The van der Waals surface area contributed by atoms with Crippen molar-refractivity contribution >= 4 is 5.97 Å². The highest BCUT2D eigenvalue weighted by Gasteiger charge is 2.26. The van der Waals surface area contributed by atoms with Crippen molar-refractivity contribution in [1.82, 2.24) is 5.32 Å². The minimum atomic E-state index is -0.950. The molecule has 1 rings (SSSR count). The van der Waals surface area contributed by atoms with Crippen molar-refractivity contribution < 1.29 is 19.7 Å². The molecule has 20 heavy (non-hydrogen) atoms. The molecule has 0 aliphatic heterocycles. The van der Waals surface area contributed by atoms with Crippen LogP contribution in [0.15, 0.2) is 18.2 Å². The number of aliphatic hydroxyl groups excluding tert-OH is 1. The molecule has 1 aromatic carbocycles. The summed E-state index contributed by atoms with van der Waals surface area (Å²) in [7, 11) is 1.53. The molecule has 1 aromatic rings. The van der Waals surface area contributed by atoms with Gasteiger partial charge in [-0.3, -0.25) is 4.79 Å². The normalized spacial score (nSPS) is 14.1. The number of rotatable bonds is 7. The molecular formula is C15H23NO4. The van der Waals surface area contributed by atoms with Gasteiger partial charge in [0.05, 0.1) is 19.6 Å². The maximum atomic E-state index is 11.0. The van der Waals surface area contributed by atoms with Crippen molar-refractivity contribution in [1.29, 1.82) is 0 Å². The number of aliphatic carboxylic acids is 1. The van der Waals surface area contributed by atoms with Crippen LogP contribution < -0.4 is 10.1 Å². The van der Waals surface area contributed by atoms with Crippen LogP contribution in [-0.2, 0) is 4.79 Å². The molecule has 0 saturated heterocycles. The van der Waals surface area contributed by atoms with Crippen LogP contribution in [-0.4, -0.2) is 35.4 Å². The summed E-state index contributed by atoms with van der Waals surface area (Å²) in [5.41, 5.74) is 1.59. The zero-order chi connectivity index (χ0) is 15.3. The predicted octanol–water partition coefficient (Wildman–Crippen LogP) is 1.88. The maximum Gasteiger partial charge on any atom is 0.305 e. The van der Waals surface area contributed by atoms with Gasteiger partial charge in [0.2, 0.25) is 0 Å². The summed E-state index contributed by atoms with van der Waals surface area (Å²) >= 11 is 0. The van der Waals surface area contributed by atoms with Crippen LogP contribution in [0.2, 0.25) is 0 Å². The van der Waals surface area contributed by atoms with Gasteiger partial charge < -0.3 is 20.3 Å². The number of ether oxygens (including phenoxy) is 1. The first kappa shape index (κ1) is 16.5. The molecule has 5 heteroatoms. The van der Waals surface area contributed by atoms with Gasteiger partial charge >= 0.3 is 5.97 Å². The highest BCUT2D eigenvalue weighted by Crippen LogP contribution is 2.29. The summed E-state index contributed by atoms with van der Waals surface area (Å²) < 4.78 is 5.25. The highest BCUT2D eigenvalue weighted by atomic mass is 16.5. The van der Waals surface area contributed by atoms with Crippen LogP contribution in [0, 0.1) is 6.92 Å². The van der Waals surface area contributed by atoms with E-state index in [-0.39, 0.29) is 12.5 Å². The van der Waals surface area contributed by atoms with E-state index in [4.69, 9.17) is 9.84 Å². The summed E-state index contributed by atoms with van der Waals surface area (Å²) in [4.78, 5) is 11.0. The number of aliphatic hydroxyl groups is 1. The number of methoxy groups -OCH3 is 1. The van der Waals surface area contributed by atoms with Crippen LogP contribution in [0.25, 0.3) is 0 Å². The second-order valence-electron chi connectivity index (χ2n) is 5.22. The molecule has 0 heterocycles. The lowest BCUT2D eigenvalue weighted by atomic mass is 9.96. The standard InChI is InChI=1S/C15H23NO4/c1-9(2)16-12(8-14(17)18)15(19)11-7-10(3)5-6-13(11)20-4/h5-7,9,12,15-16,19H,8H2,1-4H3,(H,17,18). The molecule has 0 aliphatic rings. The Labute approximate surface area is 119 Å². The third kappa shape index (κ3) is 4.51. The lowest BCUT2D eigenvalue weighted by molar-refractivity contribution is -0.138. The fourth-order valence-electron chi connectivity index (χ4n) is 2.18. The Morgan fingerprint density at radius 1 is 1.40 bits per heavy atom. The van der Waals surface area contributed by atoms with Gasteiger partial charge in [0, 0.05) is 17.6 Å². The average Bonchev–Trinajstić information content (AvgIpc) is 2.36. The lowest BCUT2D eigenvalue weighted by Crippen LogP contribution is -2.41. The van der Waals surface area contributed by atoms with E-state index in [2.05, 4.69) is 5.32 Å². The zero-order valence-corrected chi connectivity index (χ0v) is 12.4. The topological polar surface area (TPSA) is 78.8 Å². The fourth-order valence-corrected chi connectivity index (χ4v) is 2.18. The van der Waals surface area contributed by atoms with Crippen molar-refractivity contribution in [2.45, 2.75) is 45.4 Å². The number of carboxylic acids is 1. The molecule has 5 nitrogen and oxygen atoms in total. The molecule has 0 bridgehead atoms. The first-order valence-corrected chi connectivity index (χ1v) is 6.65. The second-order valence-corrected chi connectivity index (χ2v) is 5.22. The molecule has 0 aromatic heterocycles. The van der Waals surface area contributed by atoms with Crippen molar-refractivity contribution in [2.75, 3.05) is 7.11 Å². The van der Waals surface area contributed by atoms with E-state index in [1.165, 1.54) is 7.11 Å². The van der Waals surface area contributed by atoms with Crippen molar-refractivity contribution in [2.24, 2.45) is 0 Å². The van der Waals surface area contributed by atoms with E-state index in [9.17, 15) is 9.90 Å². The zero-order valence-electron chi connectivity index (χ0n) is 12.4. The number of carboxylic acid groups (broad SMARTS) is 1. The van der Waals surface area contributed by atoms with Crippen LogP contribution in [0.1, 0.15) is 37.5 Å². The SMILES string of the molecule is COc1ccc(C)cc1C(O)C(CC(=O)O)NC(C)C. The number of benzene rings is 1. The van der Waals surface area contributed by atoms with Crippen LogP contribution in [0.4, 0.5) is 0 Å². The van der Waals surface area contributed by atoms with Gasteiger partial charge in [-0.2, -0.15) is 0 Å². The molecule has 0 amide bonds. The smallest absolute Gasteiger partial charge is 0.305 e. The van der Waals surface area contributed by atoms with Gasteiger partial charge in [-0.1, -0.05) is 25.5 Å². The van der Waals surface area contributed by atoms with Crippen LogP contribution >= 0.6 is 0 Å². The first-order chi connectivity index (χ1) is 9.35. The first-order valence-electron chi connectivity index (χ1n) is 6.65. The monoisotopic (exact) mass is 281 g/mol. The molecule has 2 unspecified atom stereocenters. The Kier molecular flexibility index (Phi) is 5.98. The van der Waals surface area contributed by atoms with Gasteiger partial charge in [0.15, 0.2) is 0 Å². The minimum Gasteiger partial charge on any atom is -0.496 e. The van der Waals surface area contributed by atoms with E-state index >= 15 is 0 Å².